The van der Waals surface area contributed by atoms with Gasteiger partial charge < -0.3 is 5.73 Å². The van der Waals surface area contributed by atoms with Crippen LogP contribution in [-0.4, -0.2) is 8.96 Å². The quantitative estimate of drug-likeness (QED) is 0.787. The zero-order valence-corrected chi connectivity index (χ0v) is 13.8. The number of benzene rings is 1. The number of rotatable bonds is 6. The summed E-state index contributed by atoms with van der Waals surface area (Å²) in [5.41, 5.74) is 6.72. The number of nitrogens with two attached hydrogens (primary N) is 1. The smallest absolute Gasteiger partial charge is 0.146 e. The Morgan fingerprint density at radius 2 is 2.10 bits per heavy atom. The monoisotopic (exact) mass is 312 g/mol. The van der Waals surface area contributed by atoms with Crippen LogP contribution in [0, 0.1) is 11.7 Å². The maximum absolute atomic E-state index is 13.3. The number of hydrogen-bond donors (Lipinski definition) is 2. The van der Waals surface area contributed by atoms with Gasteiger partial charge >= 0.3 is 0 Å². The van der Waals surface area contributed by atoms with Crippen molar-refractivity contribution in [1.29, 1.82) is 0 Å². The molecule has 1 aliphatic rings. The van der Waals surface area contributed by atoms with Gasteiger partial charge in [-0.3, -0.25) is 0 Å². The standard InChI is InChI=1S/C16H25FN2OS/c1-16(2,3)21(20)19-15(9-6-11-4-5-11)12-7-8-13(17)14(18)10-12/h7-8,10-11,15,19H,4-6,9,18H2,1-3H3. The molecular weight excluding hydrogens is 287 g/mol. The van der Waals surface area contributed by atoms with Crippen LogP contribution < -0.4 is 10.5 Å². The first-order valence-electron chi connectivity index (χ1n) is 7.50. The first-order valence-corrected chi connectivity index (χ1v) is 8.65. The molecule has 1 aromatic rings. The van der Waals surface area contributed by atoms with Gasteiger partial charge in [-0.05, 0) is 57.2 Å². The van der Waals surface area contributed by atoms with Crippen LogP contribution in [-0.2, 0) is 11.0 Å². The molecule has 0 bridgehead atoms. The molecule has 1 aliphatic carbocycles. The van der Waals surface area contributed by atoms with Crippen LogP contribution in [0.5, 0.6) is 0 Å². The van der Waals surface area contributed by atoms with Crippen molar-refractivity contribution in [3.63, 3.8) is 0 Å². The van der Waals surface area contributed by atoms with Crippen LogP contribution in [0.1, 0.15) is 58.1 Å². The third-order valence-electron chi connectivity index (χ3n) is 3.79. The van der Waals surface area contributed by atoms with E-state index in [0.29, 0.717) is 0 Å². The molecule has 118 valence electrons. The Balaban J connectivity index is 2.13. The first-order chi connectivity index (χ1) is 9.77. The molecule has 1 aromatic carbocycles. The van der Waals surface area contributed by atoms with Gasteiger partial charge in [-0.2, -0.15) is 0 Å². The minimum atomic E-state index is -1.16. The fraction of sp³-hybridized carbons (Fsp3) is 0.625. The predicted molar refractivity (Wildman–Crippen MR) is 86.5 cm³/mol. The Kier molecular flexibility index (Phi) is 5.04. The summed E-state index contributed by atoms with van der Waals surface area (Å²) in [4.78, 5) is 0. The van der Waals surface area contributed by atoms with Crippen LogP contribution in [0.3, 0.4) is 0 Å². The third-order valence-corrected chi connectivity index (χ3v) is 5.40. The lowest BCUT2D eigenvalue weighted by Crippen LogP contribution is -2.35. The Morgan fingerprint density at radius 1 is 1.43 bits per heavy atom. The van der Waals surface area contributed by atoms with E-state index >= 15 is 0 Å². The minimum absolute atomic E-state index is 0.0476. The third kappa shape index (κ3) is 4.78. The summed E-state index contributed by atoms with van der Waals surface area (Å²) < 4.78 is 28.6. The summed E-state index contributed by atoms with van der Waals surface area (Å²) in [6.45, 7) is 5.81. The average molecular weight is 312 g/mol. The molecule has 2 rings (SSSR count). The summed E-state index contributed by atoms with van der Waals surface area (Å²) >= 11 is 0. The highest BCUT2D eigenvalue weighted by Crippen LogP contribution is 2.36. The molecule has 0 aromatic heterocycles. The second-order valence-electron chi connectivity index (χ2n) is 6.85. The van der Waals surface area contributed by atoms with E-state index in [9.17, 15) is 8.60 Å². The lowest BCUT2D eigenvalue weighted by Gasteiger charge is -2.25. The van der Waals surface area contributed by atoms with Gasteiger partial charge in [0.1, 0.15) is 5.82 Å². The largest absolute Gasteiger partial charge is 0.396 e. The number of nitrogen functional groups attached to an aromatic ring is 1. The van der Waals surface area contributed by atoms with E-state index in [0.717, 1.165) is 24.3 Å². The number of hydrogen-bond acceptors (Lipinski definition) is 2. The van der Waals surface area contributed by atoms with Gasteiger partial charge in [0.15, 0.2) is 0 Å². The lowest BCUT2D eigenvalue weighted by atomic mass is 10.0. The van der Waals surface area contributed by atoms with Gasteiger partial charge in [-0.25, -0.2) is 13.3 Å². The van der Waals surface area contributed by atoms with E-state index in [-0.39, 0.29) is 16.5 Å². The van der Waals surface area contributed by atoms with Crippen molar-refractivity contribution in [2.75, 3.05) is 5.73 Å². The van der Waals surface area contributed by atoms with Gasteiger partial charge in [0, 0.05) is 6.04 Å². The van der Waals surface area contributed by atoms with E-state index in [1.807, 2.05) is 20.8 Å². The summed E-state index contributed by atoms with van der Waals surface area (Å²) in [6, 6.07) is 4.72. The second kappa shape index (κ2) is 6.44. The van der Waals surface area contributed by atoms with Crippen molar-refractivity contribution in [3.05, 3.63) is 29.6 Å². The highest BCUT2D eigenvalue weighted by molar-refractivity contribution is 7.84. The number of anilines is 1. The molecule has 1 fully saturated rings. The van der Waals surface area contributed by atoms with Crippen LogP contribution >= 0.6 is 0 Å². The Bertz CT molecular complexity index is 523. The molecule has 0 amide bonds. The molecule has 3 N–H and O–H groups in total. The summed E-state index contributed by atoms with van der Waals surface area (Å²) in [6.07, 6.45) is 4.59. The Hall–Kier alpha value is -0.940. The maximum Gasteiger partial charge on any atom is 0.146 e. The molecule has 0 spiro atoms. The van der Waals surface area contributed by atoms with Gasteiger partial charge in [-0.15, -0.1) is 0 Å². The molecule has 0 saturated heterocycles. The van der Waals surface area contributed by atoms with Crippen molar-refractivity contribution in [3.8, 4) is 0 Å². The highest BCUT2D eigenvalue weighted by Gasteiger charge is 2.27. The van der Waals surface area contributed by atoms with Crippen molar-refractivity contribution < 1.29 is 8.60 Å². The zero-order valence-electron chi connectivity index (χ0n) is 13.0. The van der Waals surface area contributed by atoms with Crippen molar-refractivity contribution in [2.45, 2.75) is 57.2 Å². The molecule has 1 saturated carbocycles. The van der Waals surface area contributed by atoms with Crippen molar-refractivity contribution >= 4 is 16.7 Å². The van der Waals surface area contributed by atoms with Crippen LogP contribution in [0.4, 0.5) is 10.1 Å². The minimum Gasteiger partial charge on any atom is -0.396 e. The number of halogens is 1. The average Bonchev–Trinajstić information content (AvgIpc) is 3.20. The lowest BCUT2D eigenvalue weighted by molar-refractivity contribution is 0.530. The van der Waals surface area contributed by atoms with E-state index < -0.39 is 16.8 Å². The second-order valence-corrected chi connectivity index (χ2v) is 8.85. The first kappa shape index (κ1) is 16.4. The maximum atomic E-state index is 13.3. The molecule has 0 aliphatic heterocycles. The summed E-state index contributed by atoms with van der Waals surface area (Å²) in [7, 11) is -1.16. The Labute approximate surface area is 129 Å². The summed E-state index contributed by atoms with van der Waals surface area (Å²) in [5, 5.41) is 0. The molecular formula is C16H25FN2OS. The highest BCUT2D eigenvalue weighted by atomic mass is 32.2. The molecule has 0 radical (unpaired) electrons. The Morgan fingerprint density at radius 3 is 2.62 bits per heavy atom. The van der Waals surface area contributed by atoms with Crippen molar-refractivity contribution in [2.24, 2.45) is 5.92 Å². The van der Waals surface area contributed by atoms with Gasteiger partial charge in [0.2, 0.25) is 0 Å². The van der Waals surface area contributed by atoms with Gasteiger partial charge in [-0.1, -0.05) is 18.9 Å². The molecule has 5 heteroatoms. The molecule has 2 atom stereocenters. The normalized spacial score (nSPS) is 18.5. The SMILES string of the molecule is CC(C)(C)S(=O)NC(CCC1CC1)c1ccc(F)c(N)c1. The topological polar surface area (TPSA) is 55.1 Å². The van der Waals surface area contributed by atoms with Crippen molar-refractivity contribution in [1.82, 2.24) is 4.72 Å². The predicted octanol–water partition coefficient (Wildman–Crippen LogP) is 3.69. The molecule has 0 heterocycles. The molecule has 21 heavy (non-hydrogen) atoms. The van der Waals surface area contributed by atoms with Crippen LogP contribution in [0.25, 0.3) is 0 Å². The van der Waals surface area contributed by atoms with Crippen LogP contribution in [0.15, 0.2) is 18.2 Å². The fourth-order valence-electron chi connectivity index (χ4n) is 2.19. The van der Waals surface area contributed by atoms with Crippen LogP contribution in [0.2, 0.25) is 0 Å². The summed E-state index contributed by atoms with van der Waals surface area (Å²) in [5.74, 6) is 0.395. The van der Waals surface area contributed by atoms with E-state index in [2.05, 4.69) is 4.72 Å². The van der Waals surface area contributed by atoms with Gasteiger partial charge in [0.25, 0.3) is 0 Å². The van der Waals surface area contributed by atoms with E-state index in [1.165, 1.54) is 18.9 Å². The zero-order chi connectivity index (χ0) is 15.6. The number of nitrogens with one attached hydrogen (secondary N) is 1. The molecule has 2 unspecified atom stereocenters. The van der Waals surface area contributed by atoms with E-state index in [1.54, 1.807) is 12.1 Å². The fourth-order valence-corrected chi connectivity index (χ4v) is 3.05. The van der Waals surface area contributed by atoms with E-state index in [4.69, 9.17) is 5.73 Å². The van der Waals surface area contributed by atoms with Gasteiger partial charge in [0.05, 0.1) is 21.4 Å². The molecule has 3 nitrogen and oxygen atoms in total.